The van der Waals surface area contributed by atoms with Gasteiger partial charge in [-0.3, -0.25) is 0 Å². The Morgan fingerprint density at radius 3 is 1.91 bits per heavy atom. The van der Waals surface area contributed by atoms with E-state index in [2.05, 4.69) is 47.6 Å². The van der Waals surface area contributed by atoms with Crippen LogP contribution in [0.5, 0.6) is 0 Å². The summed E-state index contributed by atoms with van der Waals surface area (Å²) >= 11 is 0. The van der Waals surface area contributed by atoms with Crippen molar-refractivity contribution in [3.63, 3.8) is 0 Å². The molecule has 8 aliphatic rings. The Hall–Kier alpha value is -1.47. The molecule has 8 rings (SSSR count). The number of hydrogen-bond donors (Lipinski definition) is 12. The van der Waals surface area contributed by atoms with Crippen molar-refractivity contribution in [1.29, 1.82) is 0 Å². The first kappa shape index (κ1) is 51.9. The van der Waals surface area contributed by atoms with E-state index in [1.807, 2.05) is 6.92 Å². The summed E-state index contributed by atoms with van der Waals surface area (Å²) in [6, 6.07) is 0. The minimum absolute atomic E-state index is 0.00539. The third kappa shape index (κ3) is 7.92. The molecular formula is C48H78O19. The second-order valence-electron chi connectivity index (χ2n) is 23.7. The molecule has 3 saturated heterocycles. The van der Waals surface area contributed by atoms with E-state index in [4.69, 9.17) is 28.4 Å². The molecule has 19 heteroatoms. The minimum Gasteiger partial charge on any atom is -0.479 e. The average molecular weight is 959 g/mol. The number of allylic oxidation sites excluding steroid dienone is 2. The molecule has 7 fully saturated rings. The fourth-order valence-corrected chi connectivity index (χ4v) is 15.2. The fourth-order valence-electron chi connectivity index (χ4n) is 15.2. The predicted octanol–water partition coefficient (Wildman–Crippen LogP) is -0.325. The maximum Gasteiger partial charge on any atom is 0.335 e. The maximum atomic E-state index is 12.5. The van der Waals surface area contributed by atoms with Gasteiger partial charge in [0.1, 0.15) is 61.0 Å². The van der Waals surface area contributed by atoms with Gasteiger partial charge in [0.15, 0.2) is 25.0 Å². The van der Waals surface area contributed by atoms with Gasteiger partial charge in [0.05, 0.1) is 37.6 Å². The number of rotatable bonds is 9. The lowest BCUT2D eigenvalue weighted by Gasteiger charge is -2.72. The van der Waals surface area contributed by atoms with Crippen LogP contribution in [-0.2, 0) is 33.2 Å². The molecule has 0 aromatic carbocycles. The monoisotopic (exact) mass is 959 g/mol. The van der Waals surface area contributed by atoms with Crippen molar-refractivity contribution in [2.24, 2.45) is 50.2 Å². The fraction of sp³-hybridized carbons (Fsp3) is 0.938. The van der Waals surface area contributed by atoms with Crippen LogP contribution in [0.3, 0.4) is 0 Å². The summed E-state index contributed by atoms with van der Waals surface area (Å²) in [7, 11) is 0. The van der Waals surface area contributed by atoms with E-state index in [1.54, 1.807) is 0 Å². The quantitative estimate of drug-likeness (QED) is 0.104. The molecule has 3 heterocycles. The van der Waals surface area contributed by atoms with Crippen LogP contribution >= 0.6 is 0 Å². The number of aliphatic hydroxyl groups is 11. The van der Waals surface area contributed by atoms with E-state index in [-0.39, 0.29) is 46.0 Å². The molecule has 5 aliphatic carbocycles. The second-order valence-corrected chi connectivity index (χ2v) is 23.7. The highest BCUT2D eigenvalue weighted by Crippen LogP contribution is 2.76. The first-order valence-electron chi connectivity index (χ1n) is 24.4. The van der Waals surface area contributed by atoms with Crippen LogP contribution in [0.2, 0.25) is 0 Å². The summed E-state index contributed by atoms with van der Waals surface area (Å²) in [5.41, 5.74) is -1.44. The summed E-state index contributed by atoms with van der Waals surface area (Å²) in [4.78, 5) is 12.5. The lowest BCUT2D eigenvalue weighted by Crippen LogP contribution is -2.69. The van der Waals surface area contributed by atoms with Crippen LogP contribution < -0.4 is 0 Å². The molecule has 19 nitrogen and oxygen atoms in total. The Balaban J connectivity index is 1.08. The SMILES string of the molecule is C[C@@H]1O[C@@H](O[C@H]2[C@H](O[C@H]3[C@H](O[C@H]4CC[C@@]5(C)[C@@H](CC[C@]6(C)[C@@H]5CC=C5[C@@H]7CC(C)(C)C[C@@H](O)[C@]7(C)[C@@H](O)C[C@]56C)[C@@]4(C)CO)O[C@H](C(=O)O)[C@@H](O)[C@@H]3O)O[C@H](CO)[C@@H](O)[C@@H]2O)[C@H](O)[C@H](O)[C@H]1O. The summed E-state index contributed by atoms with van der Waals surface area (Å²) in [5, 5.41) is 132. The number of aliphatic carboxylic acids is 1. The molecule has 0 bridgehead atoms. The predicted molar refractivity (Wildman–Crippen MR) is 232 cm³/mol. The van der Waals surface area contributed by atoms with Crippen molar-refractivity contribution in [2.75, 3.05) is 13.2 Å². The third-order valence-corrected chi connectivity index (χ3v) is 19.6. The lowest BCUT2D eigenvalue weighted by atomic mass is 9.33. The first-order valence-corrected chi connectivity index (χ1v) is 24.4. The minimum atomic E-state index is -2.09. The average Bonchev–Trinajstić information content (AvgIpc) is 3.26. The number of hydrogen-bond acceptors (Lipinski definition) is 18. The van der Waals surface area contributed by atoms with Gasteiger partial charge in [0.25, 0.3) is 0 Å². The van der Waals surface area contributed by atoms with E-state index < -0.39 is 134 Å². The molecule has 384 valence electrons. The lowest BCUT2D eigenvalue weighted by molar-refractivity contribution is -0.396. The van der Waals surface area contributed by atoms with Crippen LogP contribution in [0.25, 0.3) is 0 Å². The number of ether oxygens (including phenoxy) is 6. The van der Waals surface area contributed by atoms with Crippen LogP contribution in [-0.4, -0.2) is 191 Å². The Morgan fingerprint density at radius 1 is 0.672 bits per heavy atom. The number of carboxylic acids is 1. The number of carboxylic acid groups (broad SMARTS) is 1. The number of carbonyl (C=O) groups is 1. The van der Waals surface area contributed by atoms with Gasteiger partial charge in [-0.1, -0.05) is 60.1 Å². The molecule has 26 atom stereocenters. The highest BCUT2D eigenvalue weighted by molar-refractivity contribution is 5.73. The second kappa shape index (κ2) is 17.9. The smallest absolute Gasteiger partial charge is 0.335 e. The van der Waals surface area contributed by atoms with Gasteiger partial charge in [0, 0.05) is 10.8 Å². The first-order chi connectivity index (χ1) is 31.1. The van der Waals surface area contributed by atoms with Crippen molar-refractivity contribution in [3.05, 3.63) is 11.6 Å². The third-order valence-electron chi connectivity index (χ3n) is 19.6. The van der Waals surface area contributed by atoms with Gasteiger partial charge in [-0.15, -0.1) is 0 Å². The highest BCUT2D eigenvalue weighted by atomic mass is 16.8. The zero-order valence-corrected chi connectivity index (χ0v) is 40.0. The van der Waals surface area contributed by atoms with Crippen molar-refractivity contribution in [2.45, 2.75) is 217 Å². The summed E-state index contributed by atoms with van der Waals surface area (Å²) in [6.45, 7) is 15.5. The van der Waals surface area contributed by atoms with E-state index >= 15 is 0 Å². The topological polar surface area (TPSA) is 315 Å². The Kier molecular flexibility index (Phi) is 13.9. The normalized spacial score (nSPS) is 56.4. The van der Waals surface area contributed by atoms with Crippen molar-refractivity contribution < 1.29 is 94.5 Å². The van der Waals surface area contributed by atoms with Crippen molar-refractivity contribution in [3.8, 4) is 0 Å². The molecule has 0 unspecified atom stereocenters. The molecule has 4 saturated carbocycles. The van der Waals surface area contributed by atoms with E-state index in [0.717, 1.165) is 19.3 Å². The molecule has 0 amide bonds. The van der Waals surface area contributed by atoms with Crippen LogP contribution in [0.4, 0.5) is 0 Å². The molecule has 67 heavy (non-hydrogen) atoms. The maximum absolute atomic E-state index is 12.5. The molecule has 0 aromatic rings. The summed E-state index contributed by atoms with van der Waals surface area (Å²) < 4.78 is 36.1. The van der Waals surface area contributed by atoms with Gasteiger partial charge < -0.3 is 89.7 Å². The Bertz CT molecular complexity index is 1850. The highest BCUT2D eigenvalue weighted by Gasteiger charge is 2.71. The molecule has 3 aliphatic heterocycles. The van der Waals surface area contributed by atoms with Crippen molar-refractivity contribution in [1.82, 2.24) is 0 Å². The molecule has 12 N–H and O–H groups in total. The van der Waals surface area contributed by atoms with Gasteiger partial charge in [-0.2, -0.15) is 0 Å². The Labute approximate surface area is 392 Å². The molecule has 0 radical (unpaired) electrons. The molecular weight excluding hydrogens is 881 g/mol. The van der Waals surface area contributed by atoms with Gasteiger partial charge in [0.2, 0.25) is 0 Å². The van der Waals surface area contributed by atoms with Gasteiger partial charge in [-0.05, 0) is 97.7 Å². The van der Waals surface area contributed by atoms with E-state index in [1.165, 1.54) is 12.5 Å². The van der Waals surface area contributed by atoms with Gasteiger partial charge >= 0.3 is 5.97 Å². The zero-order chi connectivity index (χ0) is 49.3. The van der Waals surface area contributed by atoms with Gasteiger partial charge in [-0.25, -0.2) is 4.79 Å². The standard InChI is InChI=1S/C48H78O19/c1-20-29(53)31(55)35(59)40(62-20)66-37-32(56)30(54)23(18-49)63-41(37)67-38-34(58)33(57)36(39(60)61)65-42(38)64-28-12-13-44(4)24(45(28,5)19-50)11-14-46(6)25(44)10-9-21-22-15-43(2,3)16-26(51)48(22,8)27(52)17-47(21,46)7/h9,20,22-38,40-42,49-59H,10-19H2,1-8H3,(H,60,61)/t20-,22-,23+,24+,25+,26+,27-,28-,29-,30+,31+,32-,33-,34-,35+,36-,37+,38+,40-,41-,42+,44-,45+,46+,47+,48+/m0/s1. The Morgan fingerprint density at radius 2 is 1.28 bits per heavy atom. The van der Waals surface area contributed by atoms with Crippen LogP contribution in [0.15, 0.2) is 11.6 Å². The largest absolute Gasteiger partial charge is 0.479 e. The summed E-state index contributed by atoms with van der Waals surface area (Å²) in [5.74, 6) is -1.64. The van der Waals surface area contributed by atoms with Crippen molar-refractivity contribution >= 4 is 5.97 Å². The number of fused-ring (bicyclic) bond motifs is 7. The number of aliphatic hydroxyl groups excluding tert-OH is 11. The summed E-state index contributed by atoms with van der Waals surface area (Å²) in [6.07, 6.45) is -21.1. The zero-order valence-electron chi connectivity index (χ0n) is 40.0. The molecule has 0 spiro atoms. The van der Waals surface area contributed by atoms with E-state index in [0.29, 0.717) is 32.1 Å². The van der Waals surface area contributed by atoms with Crippen LogP contribution in [0, 0.1) is 50.2 Å². The van der Waals surface area contributed by atoms with Crippen LogP contribution in [0.1, 0.15) is 107 Å². The molecule has 0 aromatic heterocycles. The van der Waals surface area contributed by atoms with E-state index in [9.17, 15) is 66.1 Å².